The van der Waals surface area contributed by atoms with E-state index in [2.05, 4.69) is 10.6 Å². The number of benzene rings is 1. The second-order valence-corrected chi connectivity index (χ2v) is 4.92. The van der Waals surface area contributed by atoms with Gasteiger partial charge < -0.3 is 19.8 Å². The van der Waals surface area contributed by atoms with Crippen molar-refractivity contribution in [3.8, 4) is 0 Å². The third-order valence-corrected chi connectivity index (χ3v) is 3.18. The van der Waals surface area contributed by atoms with Crippen molar-refractivity contribution in [2.24, 2.45) is 0 Å². The fraction of sp³-hybridized carbons (Fsp3) is 0.294. The molecular formula is C17H20N2O4. The molecule has 0 saturated carbocycles. The van der Waals surface area contributed by atoms with Gasteiger partial charge in [0.2, 0.25) is 0 Å². The highest BCUT2D eigenvalue weighted by Crippen LogP contribution is 2.18. The summed E-state index contributed by atoms with van der Waals surface area (Å²) < 4.78 is 10.5. The van der Waals surface area contributed by atoms with Crippen molar-refractivity contribution in [1.82, 2.24) is 5.32 Å². The molecule has 122 valence electrons. The van der Waals surface area contributed by atoms with Crippen molar-refractivity contribution in [2.75, 3.05) is 11.9 Å². The molecule has 0 aliphatic rings. The van der Waals surface area contributed by atoms with E-state index in [1.54, 1.807) is 44.4 Å². The Morgan fingerprint density at radius 1 is 1.22 bits per heavy atom. The van der Waals surface area contributed by atoms with Gasteiger partial charge >= 0.3 is 5.97 Å². The molecule has 0 spiro atoms. The van der Waals surface area contributed by atoms with E-state index in [0.717, 1.165) is 5.76 Å². The summed E-state index contributed by atoms with van der Waals surface area (Å²) in [7, 11) is 0. The van der Waals surface area contributed by atoms with Crippen molar-refractivity contribution in [3.63, 3.8) is 0 Å². The predicted molar refractivity (Wildman–Crippen MR) is 86.0 cm³/mol. The quantitative estimate of drug-likeness (QED) is 0.767. The predicted octanol–water partition coefficient (Wildman–Crippen LogP) is 2.57. The van der Waals surface area contributed by atoms with Gasteiger partial charge in [0.15, 0.2) is 6.10 Å². The zero-order valence-corrected chi connectivity index (χ0v) is 13.2. The third-order valence-electron chi connectivity index (χ3n) is 3.18. The van der Waals surface area contributed by atoms with Gasteiger partial charge in [-0.15, -0.1) is 0 Å². The Morgan fingerprint density at radius 3 is 2.70 bits per heavy atom. The molecule has 0 bridgehead atoms. The monoisotopic (exact) mass is 316 g/mol. The van der Waals surface area contributed by atoms with Crippen LogP contribution in [0.2, 0.25) is 0 Å². The SMILES string of the molecule is CCNC(=O)[C@@H](C)OC(=O)c1ccccc1NCc1ccco1. The first-order valence-corrected chi connectivity index (χ1v) is 7.45. The highest BCUT2D eigenvalue weighted by Gasteiger charge is 2.20. The van der Waals surface area contributed by atoms with E-state index in [0.29, 0.717) is 24.3 Å². The number of esters is 1. The number of hydrogen-bond donors (Lipinski definition) is 2. The fourth-order valence-corrected chi connectivity index (χ4v) is 2.01. The maximum Gasteiger partial charge on any atom is 0.341 e. The van der Waals surface area contributed by atoms with Crippen LogP contribution in [0.1, 0.15) is 30.0 Å². The molecule has 0 radical (unpaired) electrons. The number of para-hydroxylation sites is 1. The zero-order chi connectivity index (χ0) is 16.7. The minimum atomic E-state index is -0.847. The van der Waals surface area contributed by atoms with Gasteiger partial charge in [0.1, 0.15) is 5.76 Å². The van der Waals surface area contributed by atoms with Gasteiger partial charge in [-0.25, -0.2) is 4.79 Å². The molecule has 1 aromatic carbocycles. The lowest BCUT2D eigenvalue weighted by Gasteiger charge is -2.15. The van der Waals surface area contributed by atoms with Gasteiger partial charge in [0.25, 0.3) is 5.91 Å². The first-order valence-electron chi connectivity index (χ1n) is 7.45. The van der Waals surface area contributed by atoms with E-state index >= 15 is 0 Å². The van der Waals surface area contributed by atoms with Gasteiger partial charge in [-0.2, -0.15) is 0 Å². The first kappa shape index (κ1) is 16.6. The lowest BCUT2D eigenvalue weighted by atomic mass is 10.1. The van der Waals surface area contributed by atoms with E-state index in [4.69, 9.17) is 9.15 Å². The van der Waals surface area contributed by atoms with Crippen LogP contribution in [-0.4, -0.2) is 24.5 Å². The van der Waals surface area contributed by atoms with Crippen LogP contribution in [0.15, 0.2) is 47.1 Å². The summed E-state index contributed by atoms with van der Waals surface area (Å²) >= 11 is 0. The summed E-state index contributed by atoms with van der Waals surface area (Å²) in [4.78, 5) is 23.9. The normalized spacial score (nSPS) is 11.6. The smallest absolute Gasteiger partial charge is 0.341 e. The Balaban J connectivity index is 2.03. The summed E-state index contributed by atoms with van der Waals surface area (Å²) in [5.41, 5.74) is 0.993. The number of anilines is 1. The standard InChI is InChI=1S/C17H20N2O4/c1-3-18-16(20)12(2)23-17(21)14-8-4-5-9-15(14)19-11-13-7-6-10-22-13/h4-10,12,19H,3,11H2,1-2H3,(H,18,20)/t12-/m1/s1. The largest absolute Gasteiger partial charge is 0.467 e. The van der Waals surface area contributed by atoms with Crippen LogP contribution in [0.4, 0.5) is 5.69 Å². The third kappa shape index (κ3) is 4.60. The van der Waals surface area contributed by atoms with Crippen molar-refractivity contribution in [1.29, 1.82) is 0 Å². The van der Waals surface area contributed by atoms with Crippen molar-refractivity contribution in [2.45, 2.75) is 26.5 Å². The minimum Gasteiger partial charge on any atom is -0.467 e. The number of nitrogens with one attached hydrogen (secondary N) is 2. The molecule has 2 aromatic rings. The molecular weight excluding hydrogens is 296 g/mol. The van der Waals surface area contributed by atoms with Crippen LogP contribution >= 0.6 is 0 Å². The van der Waals surface area contributed by atoms with Gasteiger partial charge in [-0.3, -0.25) is 4.79 Å². The summed E-state index contributed by atoms with van der Waals surface area (Å²) in [5.74, 6) is -0.114. The van der Waals surface area contributed by atoms with Crippen LogP contribution in [0.25, 0.3) is 0 Å². The number of ether oxygens (including phenoxy) is 1. The van der Waals surface area contributed by atoms with Gasteiger partial charge in [-0.05, 0) is 38.1 Å². The summed E-state index contributed by atoms with van der Waals surface area (Å²) in [6, 6.07) is 10.6. The number of likely N-dealkylation sites (N-methyl/N-ethyl adjacent to an activating group) is 1. The highest BCUT2D eigenvalue weighted by molar-refractivity contribution is 5.97. The lowest BCUT2D eigenvalue weighted by molar-refractivity contribution is -0.128. The maximum atomic E-state index is 12.3. The number of amides is 1. The molecule has 0 fully saturated rings. The van der Waals surface area contributed by atoms with E-state index in [1.165, 1.54) is 0 Å². The molecule has 0 saturated heterocycles. The van der Waals surface area contributed by atoms with Crippen molar-refractivity contribution >= 4 is 17.6 Å². The topological polar surface area (TPSA) is 80.6 Å². The van der Waals surface area contributed by atoms with E-state index in [1.807, 2.05) is 12.1 Å². The highest BCUT2D eigenvalue weighted by atomic mass is 16.5. The van der Waals surface area contributed by atoms with Crippen LogP contribution < -0.4 is 10.6 Å². The second kappa shape index (κ2) is 8.03. The van der Waals surface area contributed by atoms with Crippen molar-refractivity contribution < 1.29 is 18.7 Å². The minimum absolute atomic E-state index is 0.318. The average molecular weight is 316 g/mol. The summed E-state index contributed by atoms with van der Waals surface area (Å²) in [6.07, 6.45) is 0.742. The molecule has 23 heavy (non-hydrogen) atoms. The Kier molecular flexibility index (Phi) is 5.80. The molecule has 2 N–H and O–H groups in total. The number of carbonyl (C=O) groups excluding carboxylic acids is 2. The number of carbonyl (C=O) groups is 2. The van der Waals surface area contributed by atoms with Gasteiger partial charge in [-0.1, -0.05) is 12.1 Å². The lowest BCUT2D eigenvalue weighted by Crippen LogP contribution is -2.35. The second-order valence-electron chi connectivity index (χ2n) is 4.92. The average Bonchev–Trinajstić information content (AvgIpc) is 3.06. The van der Waals surface area contributed by atoms with E-state index in [9.17, 15) is 9.59 Å². The molecule has 1 amide bonds. The molecule has 1 atom stereocenters. The van der Waals surface area contributed by atoms with Crippen molar-refractivity contribution in [3.05, 3.63) is 54.0 Å². The van der Waals surface area contributed by atoms with E-state index < -0.39 is 12.1 Å². The zero-order valence-electron chi connectivity index (χ0n) is 13.2. The molecule has 6 heteroatoms. The molecule has 2 rings (SSSR count). The maximum absolute atomic E-state index is 12.3. The molecule has 0 aliphatic heterocycles. The molecule has 0 aliphatic carbocycles. The van der Waals surface area contributed by atoms with Crippen LogP contribution in [0.3, 0.4) is 0 Å². The van der Waals surface area contributed by atoms with Gasteiger partial charge in [0.05, 0.1) is 18.4 Å². The first-order chi connectivity index (χ1) is 11.1. The molecule has 1 aromatic heterocycles. The van der Waals surface area contributed by atoms with Gasteiger partial charge in [0, 0.05) is 12.2 Å². The fourth-order valence-electron chi connectivity index (χ4n) is 2.01. The Morgan fingerprint density at radius 2 is 2.00 bits per heavy atom. The summed E-state index contributed by atoms with van der Waals surface area (Å²) in [6.45, 7) is 4.28. The van der Waals surface area contributed by atoms with Crippen LogP contribution in [-0.2, 0) is 16.1 Å². The number of rotatable bonds is 7. The molecule has 0 unspecified atom stereocenters. The molecule has 1 heterocycles. The molecule has 6 nitrogen and oxygen atoms in total. The van der Waals surface area contributed by atoms with Crippen LogP contribution in [0.5, 0.6) is 0 Å². The van der Waals surface area contributed by atoms with Crippen LogP contribution in [0, 0.1) is 0 Å². The Hall–Kier alpha value is -2.76. The number of hydrogen-bond acceptors (Lipinski definition) is 5. The number of furan rings is 1. The Bertz CT molecular complexity index is 652. The summed E-state index contributed by atoms with van der Waals surface area (Å²) in [5, 5.41) is 5.75. The Labute approximate surface area is 134 Å². The van der Waals surface area contributed by atoms with E-state index in [-0.39, 0.29) is 5.91 Å².